The van der Waals surface area contributed by atoms with Crippen molar-refractivity contribution in [1.29, 1.82) is 0 Å². The Bertz CT molecular complexity index is 417. The summed E-state index contributed by atoms with van der Waals surface area (Å²) in [5, 5.41) is 0. The number of hydrogen-bond acceptors (Lipinski definition) is 1. The van der Waals surface area contributed by atoms with Gasteiger partial charge in [-0.05, 0) is 0 Å². The molecule has 0 atom stereocenters. The van der Waals surface area contributed by atoms with Crippen LogP contribution in [0.2, 0.25) is 0 Å². The van der Waals surface area contributed by atoms with E-state index in [-0.39, 0.29) is 0 Å². The van der Waals surface area contributed by atoms with Crippen molar-refractivity contribution in [2.24, 2.45) is 0 Å². The molecule has 1 heterocycles. The van der Waals surface area contributed by atoms with Gasteiger partial charge in [0.2, 0.25) is 0 Å². The van der Waals surface area contributed by atoms with Gasteiger partial charge in [-0.2, -0.15) is 0 Å². The van der Waals surface area contributed by atoms with E-state index in [9.17, 15) is 0 Å². The predicted octanol–water partition coefficient (Wildman–Crippen LogP) is 2.61. The van der Waals surface area contributed by atoms with Gasteiger partial charge in [-0.1, -0.05) is 0 Å². The molecular formula is C11H8ClHgN. The summed E-state index contributed by atoms with van der Waals surface area (Å²) in [6.07, 6.45) is 1.83. The first-order valence-corrected chi connectivity index (χ1v) is 14.0. The van der Waals surface area contributed by atoms with E-state index in [2.05, 4.69) is 23.2 Å². The van der Waals surface area contributed by atoms with Crippen molar-refractivity contribution in [2.45, 2.75) is 0 Å². The monoisotopic (exact) mass is 391 g/mol. The molecule has 2 rings (SSSR count). The van der Waals surface area contributed by atoms with Crippen molar-refractivity contribution in [3.05, 3.63) is 48.7 Å². The summed E-state index contributed by atoms with van der Waals surface area (Å²) in [5.41, 5.74) is 2.24. The average molecular weight is 390 g/mol. The first-order valence-electron chi connectivity index (χ1n) is 4.47. The van der Waals surface area contributed by atoms with Crippen LogP contribution in [0.3, 0.4) is 0 Å². The van der Waals surface area contributed by atoms with E-state index in [0.29, 0.717) is 0 Å². The van der Waals surface area contributed by atoms with Gasteiger partial charge in [0.15, 0.2) is 0 Å². The third kappa shape index (κ3) is 2.15. The summed E-state index contributed by atoms with van der Waals surface area (Å²) in [4.78, 5) is 4.39. The Morgan fingerprint density at radius 3 is 2.50 bits per heavy atom. The zero-order chi connectivity index (χ0) is 9.80. The van der Waals surface area contributed by atoms with Crippen LogP contribution in [0.1, 0.15) is 0 Å². The van der Waals surface area contributed by atoms with E-state index in [4.69, 9.17) is 8.25 Å². The van der Waals surface area contributed by atoms with E-state index in [1.165, 1.54) is 8.64 Å². The topological polar surface area (TPSA) is 12.9 Å². The molecule has 14 heavy (non-hydrogen) atoms. The second-order valence-electron chi connectivity index (χ2n) is 3.01. The Balaban J connectivity index is 2.51. The summed E-state index contributed by atoms with van der Waals surface area (Å²) in [7, 11) is 6.06. The quantitative estimate of drug-likeness (QED) is 0.719. The van der Waals surface area contributed by atoms with Crippen LogP contribution in [0, 0.1) is 0 Å². The molecule has 3 heteroatoms. The first kappa shape index (κ1) is 10.1. The summed E-state index contributed by atoms with van der Waals surface area (Å²) in [5.74, 6) is 0. The Labute approximate surface area is 99.0 Å². The van der Waals surface area contributed by atoms with Crippen LogP contribution >= 0.6 is 8.25 Å². The maximum absolute atomic E-state index is 6.06. The second kappa shape index (κ2) is 4.90. The summed E-state index contributed by atoms with van der Waals surface area (Å²) in [6, 6.07) is 14.3. The van der Waals surface area contributed by atoms with Gasteiger partial charge in [-0.3, -0.25) is 0 Å². The van der Waals surface area contributed by atoms with Gasteiger partial charge < -0.3 is 0 Å². The van der Waals surface area contributed by atoms with Crippen molar-refractivity contribution in [3.8, 4) is 11.3 Å². The molecule has 0 aliphatic carbocycles. The maximum atomic E-state index is 6.06. The van der Waals surface area contributed by atoms with E-state index in [1.54, 1.807) is 0 Å². The fraction of sp³-hybridized carbons (Fsp3) is 0. The molecule has 2 aromatic rings. The molecular weight excluding hydrogens is 382 g/mol. The zero-order valence-corrected chi connectivity index (χ0v) is 13.9. The van der Waals surface area contributed by atoms with Gasteiger partial charge >= 0.3 is 99.6 Å². The summed E-state index contributed by atoms with van der Waals surface area (Å²) >= 11 is -1.37. The van der Waals surface area contributed by atoms with E-state index >= 15 is 0 Å². The molecule has 0 saturated carbocycles. The molecule has 1 aromatic heterocycles. The van der Waals surface area contributed by atoms with Crippen LogP contribution < -0.4 is 3.07 Å². The Morgan fingerprint density at radius 2 is 1.79 bits per heavy atom. The van der Waals surface area contributed by atoms with Crippen LogP contribution in [0.15, 0.2) is 48.7 Å². The minimum absolute atomic E-state index is 1.07. The Morgan fingerprint density at radius 1 is 1.00 bits per heavy atom. The van der Waals surface area contributed by atoms with E-state index < -0.39 is 23.3 Å². The fourth-order valence-corrected chi connectivity index (χ4v) is 5.81. The third-order valence-corrected chi connectivity index (χ3v) is 7.95. The molecule has 0 aliphatic rings. The van der Waals surface area contributed by atoms with Crippen molar-refractivity contribution in [2.75, 3.05) is 0 Å². The molecule has 0 radical (unpaired) electrons. The summed E-state index contributed by atoms with van der Waals surface area (Å²) in [6.45, 7) is 0. The van der Waals surface area contributed by atoms with Gasteiger partial charge in [-0.15, -0.1) is 0 Å². The molecule has 0 spiro atoms. The normalized spacial score (nSPS) is 9.50. The number of aromatic nitrogens is 1. The molecule has 0 fully saturated rings. The van der Waals surface area contributed by atoms with E-state index in [0.717, 1.165) is 5.69 Å². The number of nitrogens with zero attached hydrogens (tertiary/aromatic N) is 1. The molecule has 0 bridgehead atoms. The number of halogens is 1. The molecule has 66 valence electrons. The van der Waals surface area contributed by atoms with Gasteiger partial charge in [0.25, 0.3) is 0 Å². The summed E-state index contributed by atoms with van der Waals surface area (Å²) < 4.78 is 1.29. The van der Waals surface area contributed by atoms with Crippen molar-refractivity contribution >= 4 is 11.3 Å². The standard InChI is InChI=1S/C11H8N.ClH.Hg/c1-2-6-10(7-3-1)11-8-4-5-9-12-11;;/h1-7,9H;1H;/q;;+1/p-1. The fourth-order valence-electron chi connectivity index (χ4n) is 1.40. The van der Waals surface area contributed by atoms with Gasteiger partial charge in [0, 0.05) is 0 Å². The third-order valence-electron chi connectivity index (χ3n) is 2.08. The first-order chi connectivity index (χ1) is 6.92. The molecule has 0 aliphatic heterocycles. The second-order valence-corrected chi connectivity index (χ2v) is 9.36. The molecule has 0 amide bonds. The van der Waals surface area contributed by atoms with Gasteiger partial charge in [-0.25, -0.2) is 0 Å². The Hall–Kier alpha value is -0.405. The molecule has 0 saturated heterocycles. The number of hydrogen-bond donors (Lipinski definition) is 0. The number of rotatable bonds is 2. The van der Waals surface area contributed by atoms with Crippen molar-refractivity contribution in [1.82, 2.24) is 4.98 Å². The van der Waals surface area contributed by atoms with Crippen molar-refractivity contribution in [3.63, 3.8) is 0 Å². The average Bonchev–Trinajstić information content (AvgIpc) is 2.30. The van der Waals surface area contributed by atoms with Crippen molar-refractivity contribution < 1.29 is 23.3 Å². The number of pyridine rings is 1. The van der Waals surface area contributed by atoms with Crippen LogP contribution in [0.5, 0.6) is 0 Å². The van der Waals surface area contributed by atoms with Crippen LogP contribution in [-0.4, -0.2) is 4.98 Å². The van der Waals surface area contributed by atoms with E-state index in [1.807, 2.05) is 30.5 Å². The molecule has 0 unspecified atom stereocenters. The van der Waals surface area contributed by atoms with Gasteiger partial charge in [0.05, 0.1) is 0 Å². The number of benzene rings is 1. The van der Waals surface area contributed by atoms with Crippen LogP contribution in [0.25, 0.3) is 11.3 Å². The minimum atomic E-state index is -1.37. The molecule has 1 nitrogen and oxygen atoms in total. The molecule has 1 aromatic carbocycles. The molecule has 0 N–H and O–H groups in total. The predicted molar refractivity (Wildman–Crippen MR) is 55.2 cm³/mol. The van der Waals surface area contributed by atoms with Crippen LogP contribution in [0.4, 0.5) is 0 Å². The van der Waals surface area contributed by atoms with Gasteiger partial charge in [0.1, 0.15) is 0 Å². The Kier molecular flexibility index (Phi) is 3.54. The zero-order valence-electron chi connectivity index (χ0n) is 7.65. The van der Waals surface area contributed by atoms with Crippen LogP contribution in [-0.2, 0) is 23.3 Å². The SMILES string of the molecule is [Cl][Hg][c]1cccnc1-c1ccccc1.